The van der Waals surface area contributed by atoms with Gasteiger partial charge in [-0.05, 0) is 32.9 Å². The second-order valence-corrected chi connectivity index (χ2v) is 5.13. The van der Waals surface area contributed by atoms with Gasteiger partial charge in [-0.1, -0.05) is 13.8 Å². The molecule has 1 atom stereocenters. The van der Waals surface area contributed by atoms with E-state index in [-0.39, 0.29) is 12.1 Å². The minimum Gasteiger partial charge on any atom is -0.394 e. The van der Waals surface area contributed by atoms with Crippen LogP contribution in [0.25, 0.3) is 0 Å². The maximum Gasteiger partial charge on any atom is 0.0628 e. The van der Waals surface area contributed by atoms with Crippen molar-refractivity contribution >= 4 is 0 Å². The van der Waals surface area contributed by atoms with Crippen molar-refractivity contribution in [3.05, 3.63) is 0 Å². The molecular weight excluding hydrogens is 176 g/mol. The van der Waals surface area contributed by atoms with E-state index in [0.717, 1.165) is 6.54 Å². The van der Waals surface area contributed by atoms with Crippen molar-refractivity contribution in [2.45, 2.75) is 38.3 Å². The molecule has 1 rings (SSSR count). The zero-order chi connectivity index (χ0) is 10.8. The van der Waals surface area contributed by atoms with Gasteiger partial charge in [0.1, 0.15) is 0 Å². The normalized spacial score (nSPS) is 21.6. The predicted octanol–water partition coefficient (Wildman–Crippen LogP) is 0.687. The summed E-state index contributed by atoms with van der Waals surface area (Å²) in [5.74, 6) is 0.664. The molecule has 3 heteroatoms. The molecule has 0 bridgehead atoms. The van der Waals surface area contributed by atoms with Crippen molar-refractivity contribution in [1.29, 1.82) is 0 Å². The van der Waals surface area contributed by atoms with Gasteiger partial charge in [-0.2, -0.15) is 0 Å². The van der Waals surface area contributed by atoms with Crippen LogP contribution < -0.4 is 5.32 Å². The lowest BCUT2D eigenvalue weighted by Gasteiger charge is -2.37. The number of aliphatic hydroxyl groups is 1. The molecule has 0 aromatic carbocycles. The summed E-state index contributed by atoms with van der Waals surface area (Å²) in [7, 11) is 4.13. The summed E-state index contributed by atoms with van der Waals surface area (Å²) in [5.41, 5.74) is -0.0718. The van der Waals surface area contributed by atoms with Crippen LogP contribution in [0.2, 0.25) is 0 Å². The molecule has 0 heterocycles. The van der Waals surface area contributed by atoms with Crippen LogP contribution in [-0.2, 0) is 0 Å². The number of nitrogens with one attached hydrogen (secondary N) is 1. The Hall–Kier alpha value is -0.120. The SMILES string of the molecule is CC(C)NC(CO)(CN(C)C)C1CC1. The molecule has 1 saturated carbocycles. The van der Waals surface area contributed by atoms with Crippen LogP contribution in [0.15, 0.2) is 0 Å². The van der Waals surface area contributed by atoms with Crippen molar-refractivity contribution in [3.63, 3.8) is 0 Å². The lowest BCUT2D eigenvalue weighted by atomic mass is 9.92. The summed E-state index contributed by atoms with van der Waals surface area (Å²) in [5, 5.41) is 13.1. The van der Waals surface area contributed by atoms with Crippen LogP contribution in [0.5, 0.6) is 0 Å². The topological polar surface area (TPSA) is 35.5 Å². The molecule has 2 N–H and O–H groups in total. The van der Waals surface area contributed by atoms with E-state index in [1.54, 1.807) is 0 Å². The minimum absolute atomic E-state index is 0.0718. The van der Waals surface area contributed by atoms with Crippen molar-refractivity contribution < 1.29 is 5.11 Å². The maximum atomic E-state index is 9.60. The standard InChI is InChI=1S/C11H24N2O/c1-9(2)12-11(8-14,7-13(3)4)10-5-6-10/h9-10,12,14H,5-8H2,1-4H3. The van der Waals surface area contributed by atoms with E-state index in [1.807, 2.05) is 0 Å². The molecule has 0 aromatic heterocycles. The van der Waals surface area contributed by atoms with Gasteiger partial charge >= 0.3 is 0 Å². The number of hydrogen-bond donors (Lipinski definition) is 2. The Balaban J connectivity index is 2.64. The van der Waals surface area contributed by atoms with Crippen molar-refractivity contribution in [1.82, 2.24) is 10.2 Å². The average Bonchev–Trinajstić information content (AvgIpc) is 2.83. The molecule has 1 unspecified atom stereocenters. The van der Waals surface area contributed by atoms with E-state index < -0.39 is 0 Å². The van der Waals surface area contributed by atoms with E-state index in [9.17, 15) is 5.11 Å². The number of nitrogens with zero attached hydrogens (tertiary/aromatic N) is 1. The second-order valence-electron chi connectivity index (χ2n) is 5.13. The zero-order valence-corrected chi connectivity index (χ0v) is 9.88. The fourth-order valence-electron chi connectivity index (χ4n) is 2.29. The molecule has 84 valence electrons. The summed E-state index contributed by atoms with van der Waals surface area (Å²) >= 11 is 0. The van der Waals surface area contributed by atoms with Gasteiger partial charge in [0.2, 0.25) is 0 Å². The molecule has 0 aromatic rings. The monoisotopic (exact) mass is 200 g/mol. The molecule has 1 aliphatic carbocycles. The van der Waals surface area contributed by atoms with Crippen molar-refractivity contribution in [2.75, 3.05) is 27.2 Å². The van der Waals surface area contributed by atoms with E-state index in [2.05, 4.69) is 38.2 Å². The van der Waals surface area contributed by atoms with Gasteiger partial charge in [0.05, 0.1) is 12.1 Å². The summed E-state index contributed by atoms with van der Waals surface area (Å²) in [6, 6.07) is 0.433. The highest BCUT2D eigenvalue weighted by molar-refractivity contribution is 5.03. The summed E-state index contributed by atoms with van der Waals surface area (Å²) in [6.07, 6.45) is 2.52. The molecule has 0 saturated heterocycles. The third-order valence-electron chi connectivity index (χ3n) is 2.82. The lowest BCUT2D eigenvalue weighted by Crippen LogP contribution is -2.59. The first-order valence-corrected chi connectivity index (χ1v) is 5.53. The lowest BCUT2D eigenvalue weighted by molar-refractivity contribution is 0.101. The van der Waals surface area contributed by atoms with Gasteiger partial charge < -0.3 is 15.3 Å². The summed E-state index contributed by atoms with van der Waals surface area (Å²) < 4.78 is 0. The Labute approximate surface area is 87.5 Å². The smallest absolute Gasteiger partial charge is 0.0628 e. The first kappa shape index (κ1) is 12.0. The van der Waals surface area contributed by atoms with Crippen LogP contribution in [0.1, 0.15) is 26.7 Å². The molecule has 0 radical (unpaired) electrons. The number of rotatable bonds is 6. The molecule has 1 fully saturated rings. The largest absolute Gasteiger partial charge is 0.394 e. The van der Waals surface area contributed by atoms with Crippen LogP contribution in [0, 0.1) is 5.92 Å². The molecule has 0 amide bonds. The highest BCUT2D eigenvalue weighted by Gasteiger charge is 2.45. The number of likely N-dealkylation sites (N-methyl/N-ethyl adjacent to an activating group) is 1. The molecular formula is C11H24N2O. The predicted molar refractivity (Wildman–Crippen MR) is 59.4 cm³/mol. The van der Waals surface area contributed by atoms with Crippen LogP contribution in [0.3, 0.4) is 0 Å². The third kappa shape index (κ3) is 2.94. The van der Waals surface area contributed by atoms with E-state index in [1.165, 1.54) is 12.8 Å². The molecule has 14 heavy (non-hydrogen) atoms. The zero-order valence-electron chi connectivity index (χ0n) is 9.88. The van der Waals surface area contributed by atoms with Crippen LogP contribution >= 0.6 is 0 Å². The van der Waals surface area contributed by atoms with Crippen molar-refractivity contribution in [2.24, 2.45) is 5.92 Å². The van der Waals surface area contributed by atoms with Crippen LogP contribution in [-0.4, -0.2) is 48.8 Å². The Morgan fingerprint density at radius 3 is 2.29 bits per heavy atom. The van der Waals surface area contributed by atoms with Gasteiger partial charge in [-0.3, -0.25) is 0 Å². The second kappa shape index (κ2) is 4.60. The number of aliphatic hydroxyl groups excluding tert-OH is 1. The fraction of sp³-hybridized carbons (Fsp3) is 1.00. The fourth-order valence-corrected chi connectivity index (χ4v) is 2.29. The maximum absolute atomic E-state index is 9.60. The van der Waals surface area contributed by atoms with Gasteiger partial charge in [-0.25, -0.2) is 0 Å². The van der Waals surface area contributed by atoms with E-state index >= 15 is 0 Å². The molecule has 3 nitrogen and oxygen atoms in total. The highest BCUT2D eigenvalue weighted by Crippen LogP contribution is 2.40. The quantitative estimate of drug-likeness (QED) is 0.662. The van der Waals surface area contributed by atoms with Crippen LogP contribution in [0.4, 0.5) is 0 Å². The first-order chi connectivity index (χ1) is 6.50. The van der Waals surface area contributed by atoms with E-state index in [0.29, 0.717) is 12.0 Å². The average molecular weight is 200 g/mol. The minimum atomic E-state index is -0.0718. The number of hydrogen-bond acceptors (Lipinski definition) is 3. The van der Waals surface area contributed by atoms with Gasteiger partial charge in [0, 0.05) is 12.6 Å². The summed E-state index contributed by atoms with van der Waals surface area (Å²) in [6.45, 7) is 5.45. The first-order valence-electron chi connectivity index (χ1n) is 5.53. The van der Waals surface area contributed by atoms with Gasteiger partial charge in [0.15, 0.2) is 0 Å². The Kier molecular flexibility index (Phi) is 3.93. The molecule has 1 aliphatic rings. The van der Waals surface area contributed by atoms with Crippen molar-refractivity contribution in [3.8, 4) is 0 Å². The Morgan fingerprint density at radius 1 is 1.43 bits per heavy atom. The summed E-state index contributed by atoms with van der Waals surface area (Å²) in [4.78, 5) is 2.16. The highest BCUT2D eigenvalue weighted by atomic mass is 16.3. The van der Waals surface area contributed by atoms with E-state index in [4.69, 9.17) is 0 Å². The third-order valence-corrected chi connectivity index (χ3v) is 2.82. The van der Waals surface area contributed by atoms with Gasteiger partial charge in [-0.15, -0.1) is 0 Å². The Morgan fingerprint density at radius 2 is 2.00 bits per heavy atom. The Bertz CT molecular complexity index is 166. The molecule has 0 aliphatic heterocycles. The van der Waals surface area contributed by atoms with Gasteiger partial charge in [0.25, 0.3) is 0 Å². The molecule has 0 spiro atoms.